The van der Waals surface area contributed by atoms with Crippen LogP contribution in [0.2, 0.25) is 0 Å². The molecule has 3 nitrogen and oxygen atoms in total. The molecule has 2 heterocycles. The number of para-hydroxylation sites is 5. The average Bonchev–Trinajstić information content (AvgIpc) is 3.77. The third kappa shape index (κ3) is 5.38. The van der Waals surface area contributed by atoms with Crippen molar-refractivity contribution in [1.29, 1.82) is 0 Å². The van der Waals surface area contributed by atoms with E-state index in [0.717, 1.165) is 55.8 Å². The van der Waals surface area contributed by atoms with Crippen molar-refractivity contribution < 1.29 is 2.74 Å². The minimum absolute atomic E-state index is 0.180. The molecule has 0 fully saturated rings. The van der Waals surface area contributed by atoms with Crippen LogP contribution in [0.4, 0.5) is 17.1 Å². The van der Waals surface area contributed by atoms with Crippen LogP contribution in [0.5, 0.6) is 0 Å². The Bertz CT molecular complexity index is 3040. The molecule has 0 bridgehead atoms. The van der Waals surface area contributed by atoms with Crippen molar-refractivity contribution in [3.63, 3.8) is 0 Å². The van der Waals surface area contributed by atoms with Gasteiger partial charge in [-0.3, -0.25) is 0 Å². The third-order valence-electron chi connectivity index (χ3n) is 10.1. The summed E-state index contributed by atoms with van der Waals surface area (Å²) in [7, 11) is 0. The fourth-order valence-corrected chi connectivity index (χ4v) is 7.72. The lowest BCUT2D eigenvalue weighted by molar-refractivity contribution is 1.18. The van der Waals surface area contributed by atoms with Gasteiger partial charge in [-0.25, -0.2) is 0 Å². The van der Waals surface area contributed by atoms with Crippen LogP contribution in [0, 0.1) is 0 Å². The number of fused-ring (bicyclic) bond motifs is 6. The summed E-state index contributed by atoms with van der Waals surface area (Å²) in [6.07, 6.45) is 0. The lowest BCUT2D eigenvalue weighted by Gasteiger charge is -2.25. The molecule has 0 radical (unpaired) electrons. The number of nitrogens with zero attached hydrogens (tertiary/aromatic N) is 3. The number of benzene rings is 8. The summed E-state index contributed by atoms with van der Waals surface area (Å²) in [5.41, 5.74) is 11.2. The van der Waals surface area contributed by atoms with Crippen LogP contribution in [-0.4, -0.2) is 9.13 Å². The molecule has 0 aliphatic rings. The predicted octanol–water partition coefficient (Wildman–Crippen LogP) is 13.5. The van der Waals surface area contributed by atoms with Gasteiger partial charge in [0.05, 0.1) is 24.8 Å². The van der Waals surface area contributed by atoms with Crippen molar-refractivity contribution in [2.24, 2.45) is 0 Å². The maximum Gasteiger partial charge on any atom is 0.0629 e. The van der Waals surface area contributed by atoms with E-state index < -0.39 is 0 Å². The van der Waals surface area contributed by atoms with Gasteiger partial charge in [-0.15, -0.1) is 0 Å². The Balaban J connectivity index is 1.04. The largest absolute Gasteiger partial charge is 0.310 e. The first kappa shape index (κ1) is 28.6. The highest BCUT2D eigenvalue weighted by atomic mass is 15.1. The van der Waals surface area contributed by atoms with Crippen LogP contribution in [0.1, 0.15) is 13.9 Å². The van der Waals surface area contributed by atoms with E-state index in [9.17, 15) is 2.74 Å². The number of anilines is 3. The zero-order valence-electron chi connectivity index (χ0n) is 30.9. The fourth-order valence-electron chi connectivity index (χ4n) is 7.72. The van der Waals surface area contributed by atoms with Gasteiger partial charge in [0, 0.05) is 50.0 Å². The molecule has 2 aromatic heterocycles. The van der Waals surface area contributed by atoms with Gasteiger partial charge in [-0.05, 0) is 102 Å². The quantitative estimate of drug-likeness (QED) is 0.153. The van der Waals surface area contributed by atoms with E-state index in [4.69, 9.17) is 0 Å². The molecule has 8 aromatic carbocycles. The SMILES string of the molecule is [2H]/C(=C(/[2H])c1ccc2c(c1)c1ccccc1n2-c1ccccc1)c1ccc(N(c2ccccc2)c2ccc3c(c2)c2ccccc2n3-c2ccccc2)cc1. The molecule has 0 spiro atoms. The number of hydrogen-bond acceptors (Lipinski definition) is 1. The second-order valence-corrected chi connectivity index (χ2v) is 13.3. The molecule has 0 amide bonds. The van der Waals surface area contributed by atoms with Crippen LogP contribution >= 0.6 is 0 Å². The van der Waals surface area contributed by atoms with Crippen molar-refractivity contribution in [3.8, 4) is 11.4 Å². The summed E-state index contributed by atoms with van der Waals surface area (Å²) in [5, 5.41) is 4.55. The maximum absolute atomic E-state index is 9.20. The summed E-state index contributed by atoms with van der Waals surface area (Å²) in [4.78, 5) is 2.25. The molecule has 0 aliphatic carbocycles. The Labute approximate surface area is 311 Å². The Morgan fingerprint density at radius 1 is 0.340 bits per heavy atom. The summed E-state index contributed by atoms with van der Waals surface area (Å²) in [6.45, 7) is 0. The van der Waals surface area contributed by atoms with E-state index in [1.54, 1.807) is 0 Å². The molecular formula is C50H35N3. The number of aromatic nitrogens is 2. The van der Waals surface area contributed by atoms with Gasteiger partial charge >= 0.3 is 0 Å². The van der Waals surface area contributed by atoms with Gasteiger partial charge in [-0.1, -0.05) is 121 Å². The van der Waals surface area contributed by atoms with E-state index >= 15 is 0 Å². The zero-order valence-corrected chi connectivity index (χ0v) is 28.9. The molecule has 0 unspecified atom stereocenters. The lowest BCUT2D eigenvalue weighted by atomic mass is 10.1. The van der Waals surface area contributed by atoms with Crippen LogP contribution < -0.4 is 4.90 Å². The summed E-state index contributed by atoms with van der Waals surface area (Å²) < 4.78 is 23.0. The van der Waals surface area contributed by atoms with Crippen molar-refractivity contribution in [1.82, 2.24) is 9.13 Å². The molecule has 0 saturated heterocycles. The summed E-state index contributed by atoms with van der Waals surface area (Å²) in [6, 6.07) is 69.4. The van der Waals surface area contributed by atoms with Crippen molar-refractivity contribution >= 4 is 72.8 Å². The molecule has 0 N–H and O–H groups in total. The molecule has 10 aromatic rings. The zero-order chi connectivity index (χ0) is 36.9. The molecular weight excluding hydrogens is 643 g/mol. The van der Waals surface area contributed by atoms with Gasteiger partial charge in [0.1, 0.15) is 0 Å². The molecule has 0 saturated carbocycles. The predicted molar refractivity (Wildman–Crippen MR) is 225 cm³/mol. The minimum atomic E-state index is 0.180. The van der Waals surface area contributed by atoms with Crippen LogP contribution in [0.15, 0.2) is 200 Å². The number of rotatable bonds is 7. The second kappa shape index (κ2) is 12.9. The molecule has 3 heteroatoms. The molecule has 250 valence electrons. The highest BCUT2D eigenvalue weighted by molar-refractivity contribution is 6.11. The highest BCUT2D eigenvalue weighted by Crippen LogP contribution is 2.40. The molecule has 53 heavy (non-hydrogen) atoms. The maximum atomic E-state index is 9.20. The minimum Gasteiger partial charge on any atom is -0.310 e. The highest BCUT2D eigenvalue weighted by Gasteiger charge is 2.17. The van der Waals surface area contributed by atoms with Crippen molar-refractivity contribution in [2.45, 2.75) is 0 Å². The Hall–Kier alpha value is -7.10. The van der Waals surface area contributed by atoms with Gasteiger partial charge in [-0.2, -0.15) is 0 Å². The smallest absolute Gasteiger partial charge is 0.0629 e. The first-order chi connectivity index (χ1) is 27.1. The average molecular weight is 680 g/mol. The Morgan fingerprint density at radius 3 is 1.36 bits per heavy atom. The first-order valence-corrected chi connectivity index (χ1v) is 17.9. The van der Waals surface area contributed by atoms with Crippen molar-refractivity contribution in [3.05, 3.63) is 211 Å². The van der Waals surface area contributed by atoms with E-state index in [-0.39, 0.29) is 12.1 Å². The topological polar surface area (TPSA) is 13.1 Å². The molecule has 0 aliphatic heterocycles. The van der Waals surface area contributed by atoms with Gasteiger partial charge in [0.2, 0.25) is 0 Å². The molecule has 0 atom stereocenters. The van der Waals surface area contributed by atoms with Crippen LogP contribution in [0.25, 0.3) is 67.1 Å². The van der Waals surface area contributed by atoms with Crippen LogP contribution in [-0.2, 0) is 0 Å². The third-order valence-corrected chi connectivity index (χ3v) is 10.1. The fraction of sp³-hybridized carbons (Fsp3) is 0. The summed E-state index contributed by atoms with van der Waals surface area (Å²) in [5.74, 6) is 0. The van der Waals surface area contributed by atoms with Crippen molar-refractivity contribution in [2.75, 3.05) is 4.90 Å². The normalized spacial score (nSPS) is 12.6. The van der Waals surface area contributed by atoms with Crippen LogP contribution in [0.3, 0.4) is 0 Å². The van der Waals surface area contributed by atoms with E-state index in [1.165, 1.54) is 16.3 Å². The Morgan fingerprint density at radius 2 is 0.755 bits per heavy atom. The number of hydrogen-bond donors (Lipinski definition) is 0. The van der Waals surface area contributed by atoms with E-state index in [1.807, 2.05) is 30.3 Å². The van der Waals surface area contributed by atoms with E-state index in [2.05, 4.69) is 184 Å². The monoisotopic (exact) mass is 679 g/mol. The van der Waals surface area contributed by atoms with E-state index in [0.29, 0.717) is 11.1 Å². The van der Waals surface area contributed by atoms with Gasteiger partial charge < -0.3 is 14.0 Å². The Kier molecular flexibility index (Phi) is 6.96. The van der Waals surface area contributed by atoms with Gasteiger partial charge in [0.15, 0.2) is 0 Å². The standard InChI is InChI=1S/C50H35N3/c1-4-14-38(15-5-1)51(42-31-33-50-46(35-42)44-21-11-13-23-48(44)53(50)40-18-8-3-9-19-40)41-29-26-36(27-30-41)24-25-37-28-32-49-45(34-37)43-20-10-12-22-47(43)52(49)39-16-6-2-7-17-39/h1-35H/b25-24+/i24D,25D. The molecule has 10 rings (SSSR count). The van der Waals surface area contributed by atoms with Gasteiger partial charge in [0.25, 0.3) is 0 Å². The summed E-state index contributed by atoms with van der Waals surface area (Å²) >= 11 is 0. The second-order valence-electron chi connectivity index (χ2n) is 13.3. The lowest BCUT2D eigenvalue weighted by Crippen LogP contribution is -2.09. The first-order valence-electron chi connectivity index (χ1n) is 18.9.